The van der Waals surface area contributed by atoms with Crippen molar-refractivity contribution in [3.8, 4) is 17.0 Å². The molecule has 8 aromatic rings. The van der Waals surface area contributed by atoms with Gasteiger partial charge in [0.15, 0.2) is 5.58 Å². The van der Waals surface area contributed by atoms with Crippen molar-refractivity contribution < 1.29 is 40.9 Å². The summed E-state index contributed by atoms with van der Waals surface area (Å²) in [7, 11) is 0. The van der Waals surface area contributed by atoms with E-state index in [0.29, 0.717) is 38.9 Å². The van der Waals surface area contributed by atoms with E-state index in [-0.39, 0.29) is 37.0 Å². The third kappa shape index (κ3) is 5.36. The Morgan fingerprint density at radius 3 is 2.52 bits per heavy atom. The summed E-state index contributed by atoms with van der Waals surface area (Å²) in [5.74, 6) is 0.208. The zero-order valence-corrected chi connectivity index (χ0v) is 26.6. The van der Waals surface area contributed by atoms with Crippen LogP contribution in [0.5, 0.6) is 5.75 Å². The van der Waals surface area contributed by atoms with Gasteiger partial charge in [-0.15, -0.1) is 18.2 Å². The molecule has 0 saturated heterocycles. The summed E-state index contributed by atoms with van der Waals surface area (Å²) >= 11 is 0. The first-order valence-electron chi connectivity index (χ1n) is 16.5. The van der Waals surface area contributed by atoms with E-state index in [2.05, 4.69) is 22.1 Å². The van der Waals surface area contributed by atoms with E-state index in [1.54, 1.807) is 51.2 Å². The van der Waals surface area contributed by atoms with Crippen molar-refractivity contribution in [1.82, 2.24) is 9.97 Å². The number of furan rings is 2. The van der Waals surface area contributed by atoms with Crippen LogP contribution in [-0.2, 0) is 26.5 Å². The van der Waals surface area contributed by atoms with Gasteiger partial charge in [0.05, 0.1) is 11.0 Å². The minimum atomic E-state index is -2.49. The van der Waals surface area contributed by atoms with Crippen LogP contribution in [0.4, 0.5) is 0 Å². The molecule has 0 saturated carbocycles. The predicted octanol–water partition coefficient (Wildman–Crippen LogP) is 10.2. The Balaban J connectivity index is 0.000000231. The van der Waals surface area contributed by atoms with E-state index < -0.39 is 18.6 Å². The summed E-state index contributed by atoms with van der Waals surface area (Å²) in [6.45, 7) is 2.78. The number of hydrogen-bond acceptors (Lipinski definition) is 5. The average Bonchev–Trinajstić information content (AvgIpc) is 3.63. The molecular weight excluding hydrogens is 725 g/mol. The van der Waals surface area contributed by atoms with Gasteiger partial charge < -0.3 is 18.9 Å². The Hall–Kier alpha value is -4.51. The van der Waals surface area contributed by atoms with Crippen LogP contribution in [0.2, 0.25) is 0 Å². The topological polar surface area (TPSA) is 72.3 Å². The molecule has 0 atom stereocenters. The van der Waals surface area contributed by atoms with Crippen LogP contribution in [0.1, 0.15) is 38.8 Å². The number of rotatable bonds is 2. The van der Waals surface area contributed by atoms with Crippen LogP contribution < -0.4 is 0 Å². The first-order chi connectivity index (χ1) is 22.8. The molecule has 221 valence electrons. The summed E-state index contributed by atoms with van der Waals surface area (Å²) in [6.07, 6.45) is 1.04. The van der Waals surface area contributed by atoms with Crippen LogP contribution in [0, 0.1) is 18.3 Å². The smallest absolute Gasteiger partial charge is 0.154 e. The fourth-order valence-corrected chi connectivity index (χ4v) is 5.38. The molecule has 0 aliphatic heterocycles. The van der Waals surface area contributed by atoms with Crippen molar-refractivity contribution in [3.05, 3.63) is 115 Å². The normalized spacial score (nSPS) is 13.9. The second-order valence-electron chi connectivity index (χ2n) is 11.5. The number of hydrogen-bond donors (Lipinski definition) is 1. The maximum absolute atomic E-state index is 9.66. The number of phenolic OH excluding ortho intramolecular Hbond substituents is 1. The second kappa shape index (κ2) is 11.5. The summed E-state index contributed by atoms with van der Waals surface area (Å²) in [5, 5.41) is 14.3. The molecule has 44 heavy (non-hydrogen) atoms. The zero-order chi connectivity index (χ0) is 34.0. The number of fused-ring (bicyclic) bond motifs is 8. The first kappa shape index (κ1) is 23.9. The molecule has 0 unspecified atom stereocenters. The van der Waals surface area contributed by atoms with Gasteiger partial charge in [0, 0.05) is 50.1 Å². The number of aryl methyl sites for hydroxylation is 1. The second-order valence-corrected chi connectivity index (χ2v) is 11.5. The van der Waals surface area contributed by atoms with Gasteiger partial charge in [-0.2, -0.15) is 0 Å². The minimum absolute atomic E-state index is 0. The zero-order valence-electron chi connectivity index (χ0n) is 29.2. The van der Waals surface area contributed by atoms with Gasteiger partial charge in [-0.05, 0) is 59.5 Å². The molecule has 0 bridgehead atoms. The van der Waals surface area contributed by atoms with Crippen LogP contribution in [0.25, 0.3) is 66.0 Å². The van der Waals surface area contributed by atoms with E-state index in [1.807, 2.05) is 54.6 Å². The number of aromatic nitrogens is 2. The third-order valence-corrected chi connectivity index (χ3v) is 7.22. The first-order valence-corrected chi connectivity index (χ1v) is 14.0. The standard InChI is InChI=1S/C27H24NO.C11H7NO2.Ir/c1-17-16-28-24(14-19(17)15-27(2,3)4)23-11-7-10-21-22-13-12-18-8-5-6-9-20(18)25(22)29-26(21)23;13-7-3-1-4-8-10(7)11-9(14-8)5-2-6-12-11;/h5-10,12-14,16H,15H2,1-4H3;1-6,13H;/q-1;;/i1D3,15D2;;. The van der Waals surface area contributed by atoms with Crippen LogP contribution in [-0.4, -0.2) is 15.1 Å². The summed E-state index contributed by atoms with van der Waals surface area (Å²) in [5.41, 5.74) is 3.60. The largest absolute Gasteiger partial charge is 0.507 e. The summed E-state index contributed by atoms with van der Waals surface area (Å²) in [6, 6.07) is 29.4. The van der Waals surface area contributed by atoms with Crippen molar-refractivity contribution in [1.29, 1.82) is 0 Å². The monoisotopic (exact) mass is 761 g/mol. The third-order valence-electron chi connectivity index (χ3n) is 7.22. The van der Waals surface area contributed by atoms with Gasteiger partial charge in [0.25, 0.3) is 0 Å². The van der Waals surface area contributed by atoms with Crippen LogP contribution in [0.15, 0.2) is 106 Å². The quantitative estimate of drug-likeness (QED) is 0.178. The molecule has 0 aliphatic carbocycles. The molecular formula is C38H31IrN2O3-. The molecule has 5 nitrogen and oxygen atoms in total. The van der Waals surface area contributed by atoms with Crippen LogP contribution in [0.3, 0.4) is 0 Å². The minimum Gasteiger partial charge on any atom is -0.507 e. The Labute approximate surface area is 275 Å². The van der Waals surface area contributed by atoms with Gasteiger partial charge in [-0.3, -0.25) is 4.98 Å². The molecule has 4 aromatic heterocycles. The van der Waals surface area contributed by atoms with Crippen molar-refractivity contribution in [2.75, 3.05) is 0 Å². The molecule has 0 spiro atoms. The Bertz CT molecular complexity index is 2500. The molecule has 6 heteroatoms. The number of aromatic hydroxyl groups is 1. The van der Waals surface area contributed by atoms with Gasteiger partial charge >= 0.3 is 0 Å². The molecule has 0 fully saturated rings. The van der Waals surface area contributed by atoms with Crippen molar-refractivity contribution >= 4 is 54.8 Å². The maximum atomic E-state index is 9.66. The molecule has 8 rings (SSSR count). The molecule has 4 aromatic carbocycles. The maximum Gasteiger partial charge on any atom is 0.154 e. The van der Waals surface area contributed by atoms with Gasteiger partial charge in [-0.25, -0.2) is 0 Å². The molecule has 0 aliphatic rings. The number of pyridine rings is 2. The average molecular weight is 761 g/mol. The molecule has 4 heterocycles. The van der Waals surface area contributed by atoms with E-state index in [1.165, 1.54) is 6.20 Å². The van der Waals surface area contributed by atoms with Crippen molar-refractivity contribution in [2.45, 2.75) is 34.0 Å². The Morgan fingerprint density at radius 1 is 0.864 bits per heavy atom. The van der Waals surface area contributed by atoms with Gasteiger partial charge in [0.2, 0.25) is 0 Å². The molecule has 1 N–H and O–H groups in total. The Morgan fingerprint density at radius 2 is 1.68 bits per heavy atom. The summed E-state index contributed by atoms with van der Waals surface area (Å²) in [4.78, 5) is 8.61. The fourth-order valence-electron chi connectivity index (χ4n) is 5.38. The predicted molar refractivity (Wildman–Crippen MR) is 174 cm³/mol. The molecule has 1 radical (unpaired) electrons. The number of nitrogens with zero attached hydrogens (tertiary/aromatic N) is 2. The summed E-state index contributed by atoms with van der Waals surface area (Å²) < 4.78 is 53.3. The van der Waals surface area contributed by atoms with E-state index in [4.69, 9.17) is 15.7 Å². The van der Waals surface area contributed by atoms with Gasteiger partial charge in [-0.1, -0.05) is 85.8 Å². The van der Waals surface area contributed by atoms with Crippen LogP contribution >= 0.6 is 0 Å². The van der Waals surface area contributed by atoms with E-state index in [9.17, 15) is 5.11 Å². The molecule has 0 amide bonds. The SMILES string of the molecule is Oc1cccc2oc3cccnc3c12.[2H]C([2H])([2H])c1cnc(-c2[c-]ccc3c2oc2c4ccccc4ccc32)cc1C([2H])([2H])C(C)(C)C.[Ir]. The number of benzene rings is 4. The Kier molecular flexibility index (Phi) is 6.26. The van der Waals surface area contributed by atoms with E-state index in [0.717, 1.165) is 27.1 Å². The van der Waals surface area contributed by atoms with Crippen molar-refractivity contribution in [3.63, 3.8) is 0 Å². The van der Waals surface area contributed by atoms with E-state index >= 15 is 0 Å². The van der Waals surface area contributed by atoms with Crippen molar-refractivity contribution in [2.24, 2.45) is 5.41 Å². The van der Waals surface area contributed by atoms with Gasteiger partial charge in [0.1, 0.15) is 22.4 Å². The number of phenols is 1. The fraction of sp³-hybridized carbons (Fsp3) is 0.158.